The molecule has 34 heavy (non-hydrogen) atoms. The maximum atomic E-state index is 13.1. The third-order valence-corrected chi connectivity index (χ3v) is 4.59. The van der Waals surface area contributed by atoms with Crippen molar-refractivity contribution in [3.8, 4) is 5.75 Å². The van der Waals surface area contributed by atoms with Crippen LogP contribution in [-0.2, 0) is 9.59 Å². The van der Waals surface area contributed by atoms with Crippen LogP contribution in [0.4, 0.5) is 22.7 Å². The third-order valence-electron chi connectivity index (χ3n) is 4.59. The second-order valence-corrected chi connectivity index (χ2v) is 6.79. The number of carbonyl (C=O) groups excluding carboxylic acids is 2. The van der Waals surface area contributed by atoms with Crippen LogP contribution in [0, 0.1) is 20.2 Å². The van der Waals surface area contributed by atoms with Gasteiger partial charge in [0.1, 0.15) is 22.7 Å². The topological polar surface area (TPSA) is 154 Å². The Labute approximate surface area is 193 Å². The lowest BCUT2D eigenvalue weighted by atomic mass is 10.1. The number of nitro benzene ring substituents is 2. The molecule has 11 heteroatoms. The minimum Gasteiger partial charge on any atom is -0.497 e. The highest BCUT2D eigenvalue weighted by Crippen LogP contribution is 2.26. The molecule has 172 valence electrons. The number of para-hydroxylation sites is 4. The van der Waals surface area contributed by atoms with E-state index in [4.69, 9.17) is 4.74 Å². The summed E-state index contributed by atoms with van der Waals surface area (Å²) in [6.45, 7) is 0. The van der Waals surface area contributed by atoms with Gasteiger partial charge in [-0.25, -0.2) is 0 Å². The summed E-state index contributed by atoms with van der Waals surface area (Å²) in [4.78, 5) is 47.4. The van der Waals surface area contributed by atoms with Gasteiger partial charge in [0, 0.05) is 12.1 Å². The molecule has 0 aliphatic carbocycles. The second-order valence-electron chi connectivity index (χ2n) is 6.79. The van der Waals surface area contributed by atoms with Gasteiger partial charge >= 0.3 is 0 Å². The zero-order valence-electron chi connectivity index (χ0n) is 17.8. The lowest BCUT2D eigenvalue weighted by molar-refractivity contribution is -0.384. The molecule has 0 unspecified atom stereocenters. The Morgan fingerprint density at radius 1 is 0.794 bits per heavy atom. The predicted molar refractivity (Wildman–Crippen MR) is 124 cm³/mol. The van der Waals surface area contributed by atoms with E-state index in [0.717, 1.165) is 0 Å². The number of benzene rings is 3. The van der Waals surface area contributed by atoms with E-state index >= 15 is 0 Å². The van der Waals surface area contributed by atoms with Crippen LogP contribution in [0.15, 0.2) is 78.4 Å². The first-order chi connectivity index (χ1) is 16.3. The van der Waals surface area contributed by atoms with Crippen molar-refractivity contribution < 1.29 is 24.2 Å². The molecule has 0 fully saturated rings. The zero-order chi connectivity index (χ0) is 24.7. The van der Waals surface area contributed by atoms with E-state index < -0.39 is 27.2 Å². The van der Waals surface area contributed by atoms with Gasteiger partial charge in [0.05, 0.1) is 17.0 Å². The van der Waals surface area contributed by atoms with Crippen LogP contribution in [0.5, 0.6) is 5.75 Å². The van der Waals surface area contributed by atoms with Gasteiger partial charge in [0.2, 0.25) is 0 Å². The fourth-order valence-corrected chi connectivity index (χ4v) is 2.99. The molecule has 0 aromatic heterocycles. The van der Waals surface area contributed by atoms with Crippen LogP contribution >= 0.6 is 0 Å². The summed E-state index contributed by atoms with van der Waals surface area (Å²) in [5, 5.41) is 27.3. The molecule has 0 spiro atoms. The largest absolute Gasteiger partial charge is 0.497 e. The Hall–Kier alpha value is -5.06. The number of amides is 2. The molecule has 2 N–H and O–H groups in total. The molecule has 0 aliphatic rings. The summed E-state index contributed by atoms with van der Waals surface area (Å²) in [5.74, 6) is -1.44. The number of hydrogen-bond acceptors (Lipinski definition) is 7. The van der Waals surface area contributed by atoms with Crippen LogP contribution in [0.1, 0.15) is 5.56 Å². The van der Waals surface area contributed by atoms with Crippen molar-refractivity contribution in [1.29, 1.82) is 0 Å². The number of carbonyl (C=O) groups is 2. The first-order valence-corrected chi connectivity index (χ1v) is 9.75. The van der Waals surface area contributed by atoms with Crippen LogP contribution in [0.3, 0.4) is 0 Å². The van der Waals surface area contributed by atoms with Crippen LogP contribution in [0.2, 0.25) is 0 Å². The smallest absolute Gasteiger partial charge is 0.292 e. The maximum absolute atomic E-state index is 13.1. The molecule has 0 aliphatic heterocycles. The van der Waals surface area contributed by atoms with Gasteiger partial charge in [0.15, 0.2) is 0 Å². The van der Waals surface area contributed by atoms with Crippen LogP contribution in [0.25, 0.3) is 6.08 Å². The molecule has 11 nitrogen and oxygen atoms in total. The molecule has 3 rings (SSSR count). The van der Waals surface area contributed by atoms with E-state index in [0.29, 0.717) is 11.3 Å². The third kappa shape index (κ3) is 5.59. The number of nitrogens with one attached hydrogen (secondary N) is 2. The minimum atomic E-state index is -0.951. The molecule has 0 heterocycles. The number of nitrogens with zero attached hydrogens (tertiary/aromatic N) is 2. The molecule has 0 bridgehead atoms. The van der Waals surface area contributed by atoms with Crippen LogP contribution < -0.4 is 15.4 Å². The average Bonchev–Trinajstić information content (AvgIpc) is 2.83. The summed E-state index contributed by atoms with van der Waals surface area (Å²) < 4.78 is 5.15. The first kappa shape index (κ1) is 23.6. The lowest BCUT2D eigenvalue weighted by Crippen LogP contribution is -2.26. The molecule has 0 saturated carbocycles. The molecule has 3 aromatic rings. The van der Waals surface area contributed by atoms with Crippen molar-refractivity contribution in [2.75, 3.05) is 17.7 Å². The highest BCUT2D eigenvalue weighted by atomic mass is 16.6. The number of nitro groups is 2. The summed E-state index contributed by atoms with van der Waals surface area (Å²) in [6.07, 6.45) is 1.25. The SMILES string of the molecule is COc1cccc(C=C(C(=O)Nc2ccccc2[N+](=O)[O-])C(=O)Nc2ccccc2[N+](=O)[O-])c1. The maximum Gasteiger partial charge on any atom is 0.292 e. The summed E-state index contributed by atoms with van der Waals surface area (Å²) >= 11 is 0. The number of hydrogen-bond donors (Lipinski definition) is 2. The summed E-state index contributed by atoms with van der Waals surface area (Å²) in [5.41, 5.74) is -0.985. The Bertz CT molecular complexity index is 1230. The Balaban J connectivity index is 2.01. The van der Waals surface area contributed by atoms with E-state index in [-0.39, 0.29) is 22.7 Å². The lowest BCUT2D eigenvalue weighted by Gasteiger charge is -2.11. The molecule has 0 radical (unpaired) electrons. The van der Waals surface area contributed by atoms with E-state index in [1.165, 1.54) is 61.7 Å². The minimum absolute atomic E-state index is 0.118. The monoisotopic (exact) mass is 462 g/mol. The van der Waals surface area contributed by atoms with Crippen molar-refractivity contribution in [2.24, 2.45) is 0 Å². The van der Waals surface area contributed by atoms with Gasteiger partial charge in [-0.2, -0.15) is 0 Å². The Morgan fingerprint density at radius 2 is 1.29 bits per heavy atom. The highest BCUT2D eigenvalue weighted by Gasteiger charge is 2.24. The van der Waals surface area contributed by atoms with Crippen molar-refractivity contribution in [3.05, 3.63) is 104 Å². The van der Waals surface area contributed by atoms with Gasteiger partial charge in [0.25, 0.3) is 23.2 Å². The van der Waals surface area contributed by atoms with E-state index in [1.807, 2.05) is 0 Å². The van der Waals surface area contributed by atoms with Crippen LogP contribution in [-0.4, -0.2) is 28.8 Å². The Morgan fingerprint density at radius 3 is 1.76 bits per heavy atom. The number of anilines is 2. The molecule has 0 atom stereocenters. The van der Waals surface area contributed by atoms with Crippen molar-refractivity contribution in [2.45, 2.75) is 0 Å². The number of rotatable bonds is 8. The molecular weight excluding hydrogens is 444 g/mol. The molecule has 3 aromatic carbocycles. The Kier molecular flexibility index (Phi) is 7.29. The predicted octanol–water partition coefficient (Wildman–Crippen LogP) is 4.17. The van der Waals surface area contributed by atoms with E-state index in [1.54, 1.807) is 24.3 Å². The molecule has 2 amide bonds. The average molecular weight is 462 g/mol. The van der Waals surface area contributed by atoms with Crippen molar-refractivity contribution in [1.82, 2.24) is 0 Å². The normalized spacial score (nSPS) is 10.0. The van der Waals surface area contributed by atoms with Gasteiger partial charge in [-0.15, -0.1) is 0 Å². The van der Waals surface area contributed by atoms with Gasteiger partial charge in [-0.3, -0.25) is 29.8 Å². The van der Waals surface area contributed by atoms with Crippen molar-refractivity contribution in [3.63, 3.8) is 0 Å². The molecule has 0 saturated heterocycles. The number of ether oxygens (including phenoxy) is 1. The fourth-order valence-electron chi connectivity index (χ4n) is 2.99. The van der Waals surface area contributed by atoms with Gasteiger partial charge in [-0.1, -0.05) is 36.4 Å². The quantitative estimate of drug-likeness (QED) is 0.167. The van der Waals surface area contributed by atoms with E-state index in [9.17, 15) is 29.8 Å². The standard InChI is InChI=1S/C23H18N4O7/c1-34-16-8-6-7-15(13-16)14-17(22(28)24-18-9-2-4-11-20(18)26(30)31)23(29)25-19-10-3-5-12-21(19)27(32)33/h2-14H,1H3,(H,24,28)(H,25,29). The second kappa shape index (κ2) is 10.5. The zero-order valence-corrected chi connectivity index (χ0v) is 17.8. The first-order valence-electron chi connectivity index (χ1n) is 9.75. The van der Waals surface area contributed by atoms with Gasteiger partial charge < -0.3 is 15.4 Å². The summed E-state index contributed by atoms with van der Waals surface area (Å²) in [7, 11) is 1.45. The number of methoxy groups -OCH3 is 1. The fraction of sp³-hybridized carbons (Fsp3) is 0.0435. The highest BCUT2D eigenvalue weighted by molar-refractivity contribution is 6.29. The molecular formula is C23H18N4O7. The van der Waals surface area contributed by atoms with E-state index in [2.05, 4.69) is 10.6 Å². The van der Waals surface area contributed by atoms with Gasteiger partial charge in [-0.05, 0) is 35.9 Å². The summed E-state index contributed by atoms with van der Waals surface area (Å²) in [6, 6.07) is 17.4. The van der Waals surface area contributed by atoms with Crippen molar-refractivity contribution >= 4 is 40.6 Å².